The van der Waals surface area contributed by atoms with E-state index in [9.17, 15) is 13.2 Å². The molecule has 158 valence electrons. The van der Waals surface area contributed by atoms with Crippen molar-refractivity contribution >= 4 is 21.6 Å². The monoisotopic (exact) mass is 436 g/mol. The molecule has 1 aliphatic rings. The number of benzene rings is 1. The van der Waals surface area contributed by atoms with Gasteiger partial charge < -0.3 is 5.32 Å². The fraction of sp³-hybridized carbons (Fsp3) is 0.238. The van der Waals surface area contributed by atoms with E-state index >= 15 is 0 Å². The molecule has 1 amide bonds. The van der Waals surface area contributed by atoms with E-state index in [4.69, 9.17) is 5.26 Å². The molecule has 0 bridgehead atoms. The predicted octanol–water partition coefficient (Wildman–Crippen LogP) is 2.18. The number of nitrogens with zero attached hydrogens (tertiary/aromatic N) is 5. The maximum Gasteiger partial charge on any atom is 0.243 e. The second kappa shape index (κ2) is 8.67. The average Bonchev–Trinajstić information content (AvgIpc) is 3.35. The Morgan fingerprint density at radius 2 is 1.87 bits per heavy atom. The molecule has 10 heteroatoms. The summed E-state index contributed by atoms with van der Waals surface area (Å²) in [6.45, 7) is 0.524. The van der Waals surface area contributed by atoms with Crippen LogP contribution in [0.25, 0.3) is 5.82 Å². The zero-order valence-corrected chi connectivity index (χ0v) is 17.4. The third-order valence-electron chi connectivity index (χ3n) is 5.23. The molecule has 1 aromatic carbocycles. The highest BCUT2D eigenvalue weighted by Crippen LogP contribution is 2.25. The van der Waals surface area contributed by atoms with Crippen molar-refractivity contribution in [3.63, 3.8) is 0 Å². The van der Waals surface area contributed by atoms with Gasteiger partial charge >= 0.3 is 0 Å². The highest BCUT2D eigenvalue weighted by molar-refractivity contribution is 7.89. The number of sulfonamides is 1. The molecule has 3 heterocycles. The standard InChI is InChI=1S/C21H20N6O3S/c22-13-16-1-4-19(5-2-16)31(29,30)27-10-7-17(8-11-27)21(28)25-18-3-6-20(24-14-18)26-12-9-23-15-26/h1-6,9,12,14-15,17H,7-8,10-11H2,(H,25,28). The Hall–Kier alpha value is -3.55. The van der Waals surface area contributed by atoms with Gasteiger partial charge in [-0.25, -0.2) is 18.4 Å². The topological polar surface area (TPSA) is 121 Å². The number of nitriles is 1. The summed E-state index contributed by atoms with van der Waals surface area (Å²) in [4.78, 5) is 21.1. The van der Waals surface area contributed by atoms with Crippen LogP contribution in [0.15, 0.2) is 66.2 Å². The SMILES string of the molecule is N#Cc1ccc(S(=O)(=O)N2CCC(C(=O)Nc3ccc(-n4ccnc4)nc3)CC2)cc1. The summed E-state index contributed by atoms with van der Waals surface area (Å²) in [5, 5.41) is 11.7. The first-order valence-corrected chi connectivity index (χ1v) is 11.2. The minimum atomic E-state index is -3.65. The van der Waals surface area contributed by atoms with E-state index in [-0.39, 0.29) is 29.8 Å². The van der Waals surface area contributed by atoms with Crippen molar-refractivity contribution in [2.45, 2.75) is 17.7 Å². The molecule has 0 aliphatic carbocycles. The molecule has 31 heavy (non-hydrogen) atoms. The molecule has 0 spiro atoms. The maximum atomic E-state index is 12.8. The fourth-order valence-corrected chi connectivity index (χ4v) is 4.93. The molecule has 3 aromatic rings. The van der Waals surface area contributed by atoms with Gasteiger partial charge in [0.1, 0.15) is 12.1 Å². The van der Waals surface area contributed by atoms with Gasteiger partial charge in [0.15, 0.2) is 0 Å². The number of carbonyl (C=O) groups excluding carboxylic acids is 1. The van der Waals surface area contributed by atoms with Crippen molar-refractivity contribution < 1.29 is 13.2 Å². The summed E-state index contributed by atoms with van der Waals surface area (Å²) in [5.41, 5.74) is 0.989. The van der Waals surface area contributed by atoms with Gasteiger partial charge in [-0.15, -0.1) is 0 Å². The number of hydrogen-bond acceptors (Lipinski definition) is 6. The molecular weight excluding hydrogens is 416 g/mol. The molecule has 4 rings (SSSR count). The number of amides is 1. The van der Waals surface area contributed by atoms with Crippen LogP contribution in [-0.4, -0.2) is 46.3 Å². The Bertz CT molecular complexity index is 1190. The number of pyridine rings is 1. The summed E-state index contributed by atoms with van der Waals surface area (Å²) in [6, 6.07) is 11.4. The van der Waals surface area contributed by atoms with Crippen molar-refractivity contribution in [3.05, 3.63) is 66.9 Å². The first kappa shape index (κ1) is 20.7. The van der Waals surface area contributed by atoms with Crippen molar-refractivity contribution in [2.24, 2.45) is 5.92 Å². The van der Waals surface area contributed by atoms with Crippen molar-refractivity contribution in [3.8, 4) is 11.9 Å². The number of carbonyl (C=O) groups is 1. The number of aromatic nitrogens is 3. The molecule has 0 radical (unpaired) electrons. The molecule has 1 aliphatic heterocycles. The van der Waals surface area contributed by atoms with Crippen molar-refractivity contribution in [2.75, 3.05) is 18.4 Å². The van der Waals surface area contributed by atoms with Crippen LogP contribution < -0.4 is 5.32 Å². The molecule has 0 atom stereocenters. The largest absolute Gasteiger partial charge is 0.324 e. The van der Waals surface area contributed by atoms with Crippen LogP contribution in [0, 0.1) is 17.2 Å². The second-order valence-electron chi connectivity index (χ2n) is 7.18. The third-order valence-corrected chi connectivity index (χ3v) is 7.14. The second-order valence-corrected chi connectivity index (χ2v) is 9.12. The van der Waals surface area contributed by atoms with Crippen LogP contribution in [0.3, 0.4) is 0 Å². The summed E-state index contributed by atoms with van der Waals surface area (Å²) < 4.78 is 28.8. The van der Waals surface area contributed by atoms with Gasteiger partial charge in [0.05, 0.1) is 28.4 Å². The van der Waals surface area contributed by atoms with Crippen LogP contribution in [0.1, 0.15) is 18.4 Å². The first-order chi connectivity index (χ1) is 15.0. The zero-order valence-electron chi connectivity index (χ0n) is 16.5. The van der Waals surface area contributed by atoms with E-state index in [0.717, 1.165) is 0 Å². The van der Waals surface area contributed by atoms with Crippen LogP contribution in [0.2, 0.25) is 0 Å². The lowest BCUT2D eigenvalue weighted by molar-refractivity contribution is -0.120. The van der Waals surface area contributed by atoms with E-state index in [1.165, 1.54) is 28.6 Å². The zero-order chi connectivity index (χ0) is 21.8. The Morgan fingerprint density at radius 1 is 1.13 bits per heavy atom. The Kier molecular flexibility index (Phi) is 5.79. The number of anilines is 1. The van der Waals surface area contributed by atoms with Gasteiger partial charge in [-0.3, -0.25) is 9.36 Å². The van der Waals surface area contributed by atoms with E-state index in [1.54, 1.807) is 41.6 Å². The van der Waals surface area contributed by atoms with Gasteiger partial charge in [0.25, 0.3) is 0 Å². The molecule has 1 saturated heterocycles. The third kappa shape index (κ3) is 4.47. The first-order valence-electron chi connectivity index (χ1n) is 9.73. The summed E-state index contributed by atoms with van der Waals surface area (Å²) in [5.74, 6) is 0.269. The Labute approximate surface area is 180 Å². The number of nitrogens with one attached hydrogen (secondary N) is 1. The lowest BCUT2D eigenvalue weighted by Gasteiger charge is -2.30. The van der Waals surface area contributed by atoms with Crippen LogP contribution >= 0.6 is 0 Å². The van der Waals surface area contributed by atoms with E-state index in [0.29, 0.717) is 29.9 Å². The lowest BCUT2D eigenvalue weighted by Crippen LogP contribution is -2.41. The molecule has 2 aromatic heterocycles. The quantitative estimate of drug-likeness (QED) is 0.654. The number of rotatable bonds is 5. The molecule has 1 N–H and O–H groups in total. The number of hydrogen-bond donors (Lipinski definition) is 1. The van der Waals surface area contributed by atoms with Crippen LogP contribution in [0.4, 0.5) is 5.69 Å². The van der Waals surface area contributed by atoms with Crippen LogP contribution in [-0.2, 0) is 14.8 Å². The number of imidazole rings is 1. The van der Waals surface area contributed by atoms with Gasteiger partial charge in [-0.05, 0) is 49.2 Å². The minimum Gasteiger partial charge on any atom is -0.324 e. The fourth-order valence-electron chi connectivity index (χ4n) is 3.46. The van der Waals surface area contributed by atoms with Gasteiger partial charge in [-0.1, -0.05) is 0 Å². The lowest BCUT2D eigenvalue weighted by atomic mass is 9.97. The average molecular weight is 436 g/mol. The van der Waals surface area contributed by atoms with Gasteiger partial charge in [-0.2, -0.15) is 9.57 Å². The molecule has 1 fully saturated rings. The Morgan fingerprint density at radius 3 is 2.45 bits per heavy atom. The highest BCUT2D eigenvalue weighted by Gasteiger charge is 2.32. The minimum absolute atomic E-state index is 0.146. The number of piperidine rings is 1. The van der Waals surface area contributed by atoms with Crippen LogP contribution in [0.5, 0.6) is 0 Å². The van der Waals surface area contributed by atoms with E-state index in [1.807, 2.05) is 6.07 Å². The smallest absolute Gasteiger partial charge is 0.243 e. The van der Waals surface area contributed by atoms with Gasteiger partial charge in [0.2, 0.25) is 15.9 Å². The summed E-state index contributed by atoms with van der Waals surface area (Å²) >= 11 is 0. The summed E-state index contributed by atoms with van der Waals surface area (Å²) in [6.07, 6.45) is 7.52. The molecular formula is C21H20N6O3S. The normalized spacial score (nSPS) is 15.3. The molecule has 0 unspecified atom stereocenters. The Balaban J connectivity index is 1.34. The predicted molar refractivity (Wildman–Crippen MR) is 113 cm³/mol. The maximum absolute atomic E-state index is 12.8. The molecule has 9 nitrogen and oxygen atoms in total. The molecule has 0 saturated carbocycles. The van der Waals surface area contributed by atoms with Gasteiger partial charge in [0, 0.05) is 31.4 Å². The van der Waals surface area contributed by atoms with E-state index in [2.05, 4.69) is 15.3 Å². The van der Waals surface area contributed by atoms with Crippen molar-refractivity contribution in [1.29, 1.82) is 5.26 Å². The van der Waals surface area contributed by atoms with E-state index < -0.39 is 10.0 Å². The van der Waals surface area contributed by atoms with Crippen molar-refractivity contribution in [1.82, 2.24) is 18.8 Å². The highest BCUT2D eigenvalue weighted by atomic mass is 32.2. The summed E-state index contributed by atoms with van der Waals surface area (Å²) in [7, 11) is -3.65.